The van der Waals surface area contributed by atoms with Gasteiger partial charge in [-0.2, -0.15) is 0 Å². The first-order valence-corrected chi connectivity index (χ1v) is 8.57. The monoisotopic (exact) mass is 341 g/mol. The number of nitrogens with two attached hydrogens (primary N) is 1. The van der Waals surface area contributed by atoms with Gasteiger partial charge in [0.2, 0.25) is 5.91 Å². The molecule has 3 rings (SSSR count). The summed E-state index contributed by atoms with van der Waals surface area (Å²) in [7, 11) is 0. The van der Waals surface area contributed by atoms with E-state index in [1.54, 1.807) is 12.1 Å². The van der Waals surface area contributed by atoms with Crippen LogP contribution in [0.1, 0.15) is 22.7 Å². The molecular weight excluding hydrogens is 317 g/mol. The second-order valence-electron chi connectivity index (χ2n) is 6.60. The third-order valence-corrected chi connectivity index (χ3v) is 5.05. The first kappa shape index (κ1) is 17.4. The van der Waals surface area contributed by atoms with Gasteiger partial charge in [-0.05, 0) is 48.7 Å². The Labute approximate surface area is 148 Å². The van der Waals surface area contributed by atoms with E-state index in [1.165, 1.54) is 28.9 Å². The third-order valence-electron chi connectivity index (χ3n) is 5.05. The summed E-state index contributed by atoms with van der Waals surface area (Å²) in [6.45, 7) is 7.38. The lowest BCUT2D eigenvalue weighted by atomic mass is 10.0. The van der Waals surface area contributed by atoms with E-state index >= 15 is 0 Å². The number of benzene rings is 2. The number of piperazine rings is 1. The van der Waals surface area contributed by atoms with Crippen molar-refractivity contribution in [3.8, 4) is 0 Å². The number of anilines is 1. The third kappa shape index (κ3) is 3.66. The van der Waals surface area contributed by atoms with E-state index in [9.17, 15) is 9.18 Å². The molecule has 1 aliphatic heterocycles. The Hall–Kier alpha value is -2.40. The van der Waals surface area contributed by atoms with Crippen molar-refractivity contribution in [2.45, 2.75) is 19.9 Å². The number of halogens is 1. The molecule has 2 aromatic rings. The van der Waals surface area contributed by atoms with Crippen molar-refractivity contribution in [3.63, 3.8) is 0 Å². The first-order chi connectivity index (χ1) is 12.0. The SMILES string of the molecule is Cc1cccc(N2CCN([C@@H](C(N)=O)c3ccc(F)cc3)CC2)c1C. The fraction of sp³-hybridized carbons (Fsp3) is 0.350. The smallest absolute Gasteiger partial charge is 0.239 e. The molecule has 5 heteroatoms. The van der Waals surface area contributed by atoms with Crippen molar-refractivity contribution in [2.75, 3.05) is 31.1 Å². The summed E-state index contributed by atoms with van der Waals surface area (Å²) in [5.41, 5.74) is 10.2. The van der Waals surface area contributed by atoms with Gasteiger partial charge in [0.1, 0.15) is 11.9 Å². The van der Waals surface area contributed by atoms with Crippen molar-refractivity contribution in [1.29, 1.82) is 0 Å². The van der Waals surface area contributed by atoms with Crippen molar-refractivity contribution >= 4 is 11.6 Å². The minimum absolute atomic E-state index is 0.313. The van der Waals surface area contributed by atoms with E-state index in [4.69, 9.17) is 5.73 Å². The van der Waals surface area contributed by atoms with Gasteiger partial charge in [0.05, 0.1) is 0 Å². The van der Waals surface area contributed by atoms with Crippen molar-refractivity contribution in [3.05, 3.63) is 65.0 Å². The Kier molecular flexibility index (Phi) is 5.04. The predicted octanol–water partition coefficient (Wildman–Crippen LogP) is 2.79. The number of aryl methyl sites for hydroxylation is 1. The van der Waals surface area contributed by atoms with E-state index in [0.717, 1.165) is 31.7 Å². The van der Waals surface area contributed by atoms with Crippen LogP contribution in [0.3, 0.4) is 0 Å². The molecule has 1 atom stereocenters. The zero-order valence-electron chi connectivity index (χ0n) is 14.7. The van der Waals surface area contributed by atoms with Crippen LogP contribution in [0.5, 0.6) is 0 Å². The van der Waals surface area contributed by atoms with Gasteiger partial charge in [0.15, 0.2) is 0 Å². The van der Waals surface area contributed by atoms with E-state index in [-0.39, 0.29) is 5.82 Å². The molecule has 0 spiro atoms. The van der Waals surface area contributed by atoms with Crippen molar-refractivity contribution in [2.24, 2.45) is 5.73 Å². The lowest BCUT2D eigenvalue weighted by Crippen LogP contribution is -2.50. The number of nitrogens with zero attached hydrogens (tertiary/aromatic N) is 2. The van der Waals surface area contributed by atoms with Gasteiger partial charge in [0.25, 0.3) is 0 Å². The Morgan fingerprint density at radius 3 is 2.28 bits per heavy atom. The summed E-state index contributed by atoms with van der Waals surface area (Å²) in [4.78, 5) is 16.4. The molecule has 0 aliphatic carbocycles. The van der Waals surface area contributed by atoms with Gasteiger partial charge < -0.3 is 10.6 Å². The summed E-state index contributed by atoms with van der Waals surface area (Å²) < 4.78 is 13.2. The summed E-state index contributed by atoms with van der Waals surface area (Å²) >= 11 is 0. The van der Waals surface area contributed by atoms with Crippen LogP contribution in [0.4, 0.5) is 10.1 Å². The van der Waals surface area contributed by atoms with E-state index in [2.05, 4.69) is 41.8 Å². The molecule has 1 heterocycles. The van der Waals surface area contributed by atoms with Crippen LogP contribution in [0.25, 0.3) is 0 Å². The van der Waals surface area contributed by atoms with Crippen molar-refractivity contribution in [1.82, 2.24) is 4.90 Å². The lowest BCUT2D eigenvalue weighted by molar-refractivity contribution is -0.123. The number of carbonyl (C=O) groups is 1. The molecule has 0 aromatic heterocycles. The zero-order chi connectivity index (χ0) is 18.0. The second kappa shape index (κ2) is 7.23. The standard InChI is InChI=1S/C20H24FN3O/c1-14-4-3-5-18(15(14)2)23-10-12-24(13-11-23)19(20(22)25)16-6-8-17(21)9-7-16/h3-9,19H,10-13H2,1-2H3,(H2,22,25)/t19-/m1/s1. The quantitative estimate of drug-likeness (QED) is 0.930. The summed E-state index contributed by atoms with van der Waals surface area (Å²) in [5, 5.41) is 0. The molecule has 25 heavy (non-hydrogen) atoms. The van der Waals surface area contributed by atoms with Crippen LogP contribution in [0, 0.1) is 19.7 Å². The average Bonchev–Trinajstić information content (AvgIpc) is 2.60. The van der Waals surface area contributed by atoms with Crippen molar-refractivity contribution < 1.29 is 9.18 Å². The Balaban J connectivity index is 1.74. The number of hydrogen-bond acceptors (Lipinski definition) is 3. The summed E-state index contributed by atoms with van der Waals surface area (Å²) in [6, 6.07) is 11.9. The average molecular weight is 341 g/mol. The predicted molar refractivity (Wildman–Crippen MR) is 98.0 cm³/mol. The molecule has 4 nitrogen and oxygen atoms in total. The lowest BCUT2D eigenvalue weighted by Gasteiger charge is -2.40. The van der Waals surface area contributed by atoms with Crippen LogP contribution in [-0.4, -0.2) is 37.0 Å². The molecule has 0 saturated carbocycles. The largest absolute Gasteiger partial charge is 0.369 e. The number of primary amides is 1. The van der Waals surface area contributed by atoms with Gasteiger partial charge in [0, 0.05) is 31.9 Å². The van der Waals surface area contributed by atoms with E-state index < -0.39 is 11.9 Å². The second-order valence-corrected chi connectivity index (χ2v) is 6.60. The van der Waals surface area contributed by atoms with Gasteiger partial charge in [-0.3, -0.25) is 9.69 Å². The van der Waals surface area contributed by atoms with E-state index in [1.807, 2.05) is 0 Å². The Bertz CT molecular complexity index is 752. The molecule has 0 radical (unpaired) electrons. The highest BCUT2D eigenvalue weighted by atomic mass is 19.1. The van der Waals surface area contributed by atoms with E-state index in [0.29, 0.717) is 0 Å². The molecule has 0 bridgehead atoms. The highest BCUT2D eigenvalue weighted by Crippen LogP contribution is 2.27. The Morgan fingerprint density at radius 2 is 1.68 bits per heavy atom. The molecule has 0 unspecified atom stereocenters. The van der Waals surface area contributed by atoms with Gasteiger partial charge in [-0.15, -0.1) is 0 Å². The van der Waals surface area contributed by atoms with Crippen LogP contribution in [0.2, 0.25) is 0 Å². The maximum absolute atomic E-state index is 13.2. The van der Waals surface area contributed by atoms with Crippen LogP contribution in [-0.2, 0) is 4.79 Å². The number of amides is 1. The number of rotatable bonds is 4. The molecule has 132 valence electrons. The molecule has 1 saturated heterocycles. The van der Waals surface area contributed by atoms with Crippen LogP contribution in [0.15, 0.2) is 42.5 Å². The van der Waals surface area contributed by atoms with Gasteiger partial charge in [-0.1, -0.05) is 24.3 Å². The maximum atomic E-state index is 13.2. The van der Waals surface area contributed by atoms with Crippen LogP contribution >= 0.6 is 0 Å². The molecule has 2 N–H and O–H groups in total. The molecule has 1 fully saturated rings. The maximum Gasteiger partial charge on any atom is 0.239 e. The first-order valence-electron chi connectivity index (χ1n) is 8.57. The molecule has 1 aliphatic rings. The molecular formula is C20H24FN3O. The Morgan fingerprint density at radius 1 is 1.04 bits per heavy atom. The highest BCUT2D eigenvalue weighted by Gasteiger charge is 2.29. The topological polar surface area (TPSA) is 49.6 Å². The minimum atomic E-state index is -0.513. The number of hydrogen-bond donors (Lipinski definition) is 1. The molecule has 2 aromatic carbocycles. The van der Waals surface area contributed by atoms with Gasteiger partial charge in [-0.25, -0.2) is 4.39 Å². The normalized spacial score (nSPS) is 16.7. The van der Waals surface area contributed by atoms with Crippen LogP contribution < -0.4 is 10.6 Å². The minimum Gasteiger partial charge on any atom is -0.369 e. The fourth-order valence-electron chi connectivity index (χ4n) is 3.50. The number of carbonyl (C=O) groups excluding carboxylic acids is 1. The zero-order valence-corrected chi connectivity index (χ0v) is 14.7. The fourth-order valence-corrected chi connectivity index (χ4v) is 3.50. The van der Waals surface area contributed by atoms with Gasteiger partial charge >= 0.3 is 0 Å². The highest BCUT2D eigenvalue weighted by molar-refractivity contribution is 5.81. The summed E-state index contributed by atoms with van der Waals surface area (Å²) in [5.74, 6) is -0.710. The molecule has 1 amide bonds. The summed E-state index contributed by atoms with van der Waals surface area (Å²) in [6.07, 6.45) is 0.